The molecule has 7 nitrogen and oxygen atoms in total. The fraction of sp³-hybridized carbons (Fsp3) is 1.00. The molecule has 3 N–H and O–H groups in total. The normalized spacial score (nSPS) is 25.3. The van der Waals surface area contributed by atoms with Gasteiger partial charge < -0.3 is 34.5 Å². The largest absolute Gasteiger partial charge is 0.389 e. The van der Waals surface area contributed by atoms with E-state index < -0.39 is 6.10 Å². The van der Waals surface area contributed by atoms with Gasteiger partial charge in [0.15, 0.2) is 0 Å². The molecule has 0 bridgehead atoms. The third-order valence-corrected chi connectivity index (χ3v) is 4.17. The molecule has 23 heavy (non-hydrogen) atoms. The Hall–Kier alpha value is -0.280. The van der Waals surface area contributed by atoms with Crippen molar-refractivity contribution in [3.63, 3.8) is 0 Å². The second kappa shape index (κ2) is 12.1. The fourth-order valence-corrected chi connectivity index (χ4v) is 2.10. The van der Waals surface area contributed by atoms with E-state index in [1.165, 1.54) is 0 Å². The highest BCUT2D eigenvalue weighted by Crippen LogP contribution is 2.37. The van der Waals surface area contributed by atoms with Gasteiger partial charge in [-0.2, -0.15) is 0 Å². The molecule has 3 unspecified atom stereocenters. The monoisotopic (exact) mass is 335 g/mol. The summed E-state index contributed by atoms with van der Waals surface area (Å²) >= 11 is 0. The van der Waals surface area contributed by atoms with Gasteiger partial charge in [0.05, 0.1) is 71.7 Å². The van der Waals surface area contributed by atoms with Crippen molar-refractivity contribution >= 4 is 0 Å². The number of aliphatic hydroxyl groups excluding tert-OH is 1. The zero-order valence-corrected chi connectivity index (χ0v) is 14.5. The Morgan fingerprint density at radius 1 is 1.09 bits per heavy atom. The summed E-state index contributed by atoms with van der Waals surface area (Å²) in [7, 11) is 0. The number of hydrogen-bond donors (Lipinski definition) is 2. The SMILES string of the molecule is CCC1(C)COC1COCCOCCOCCOCC(O)CN. The third-order valence-electron chi connectivity index (χ3n) is 4.17. The van der Waals surface area contributed by atoms with Crippen LogP contribution >= 0.6 is 0 Å². The summed E-state index contributed by atoms with van der Waals surface area (Å²) in [4.78, 5) is 0. The highest BCUT2D eigenvalue weighted by atomic mass is 16.6. The van der Waals surface area contributed by atoms with Crippen LogP contribution in [0.25, 0.3) is 0 Å². The molecule has 0 spiro atoms. The van der Waals surface area contributed by atoms with E-state index >= 15 is 0 Å². The average Bonchev–Trinajstić information content (AvgIpc) is 2.56. The van der Waals surface area contributed by atoms with Gasteiger partial charge in [0.2, 0.25) is 0 Å². The van der Waals surface area contributed by atoms with Gasteiger partial charge in [-0.05, 0) is 6.42 Å². The minimum atomic E-state index is -0.598. The molecule has 1 aliphatic heterocycles. The van der Waals surface area contributed by atoms with Crippen molar-refractivity contribution in [1.82, 2.24) is 0 Å². The molecule has 1 heterocycles. The average molecular weight is 335 g/mol. The maximum atomic E-state index is 9.17. The lowest BCUT2D eigenvalue weighted by molar-refractivity contribution is -0.203. The summed E-state index contributed by atoms with van der Waals surface area (Å²) in [6, 6.07) is 0. The van der Waals surface area contributed by atoms with E-state index in [0.717, 1.165) is 13.0 Å². The van der Waals surface area contributed by atoms with Crippen LogP contribution in [-0.2, 0) is 23.7 Å². The first-order valence-electron chi connectivity index (χ1n) is 8.43. The van der Waals surface area contributed by atoms with Gasteiger partial charge in [-0.1, -0.05) is 13.8 Å². The quantitative estimate of drug-likeness (QED) is 0.413. The highest BCUT2D eigenvalue weighted by molar-refractivity contribution is 4.89. The summed E-state index contributed by atoms with van der Waals surface area (Å²) in [6.45, 7) is 9.43. The van der Waals surface area contributed by atoms with Gasteiger partial charge in [0.1, 0.15) is 0 Å². The molecule has 0 aromatic rings. The lowest BCUT2D eigenvalue weighted by atomic mass is 9.78. The van der Waals surface area contributed by atoms with E-state index in [1.54, 1.807) is 0 Å². The Morgan fingerprint density at radius 3 is 2.13 bits per heavy atom. The summed E-state index contributed by atoms with van der Waals surface area (Å²) in [5, 5.41) is 9.17. The molecule has 0 amide bonds. The Bertz CT molecular complexity index is 290. The van der Waals surface area contributed by atoms with Crippen molar-refractivity contribution in [2.45, 2.75) is 32.5 Å². The second-order valence-corrected chi connectivity index (χ2v) is 6.07. The molecular formula is C16H33NO6. The maximum absolute atomic E-state index is 9.17. The number of ether oxygens (including phenoxy) is 5. The standard InChI is InChI=1S/C16H33NO6/c1-3-16(2)13-23-15(16)12-22-9-7-20-5-4-19-6-8-21-11-14(18)10-17/h14-15,18H,3-13,17H2,1-2H3. The van der Waals surface area contributed by atoms with Crippen molar-refractivity contribution in [3.05, 3.63) is 0 Å². The lowest BCUT2D eigenvalue weighted by Crippen LogP contribution is -2.51. The summed E-state index contributed by atoms with van der Waals surface area (Å²) in [5.41, 5.74) is 5.53. The van der Waals surface area contributed by atoms with Crippen molar-refractivity contribution < 1.29 is 28.8 Å². The Labute approximate surface area is 139 Å². The van der Waals surface area contributed by atoms with Crippen LogP contribution in [0.3, 0.4) is 0 Å². The molecule has 0 aromatic heterocycles. The van der Waals surface area contributed by atoms with Crippen LogP contribution in [0.15, 0.2) is 0 Å². The Balaban J connectivity index is 1.77. The first kappa shape index (κ1) is 20.8. The van der Waals surface area contributed by atoms with Gasteiger partial charge in [-0.25, -0.2) is 0 Å². The topological polar surface area (TPSA) is 92.4 Å². The molecule has 0 saturated carbocycles. The lowest BCUT2D eigenvalue weighted by Gasteiger charge is -2.46. The van der Waals surface area contributed by atoms with Gasteiger partial charge in [-0.15, -0.1) is 0 Å². The minimum Gasteiger partial charge on any atom is -0.389 e. The summed E-state index contributed by atoms with van der Waals surface area (Å²) in [6.07, 6.45) is 0.733. The molecule has 1 fully saturated rings. The van der Waals surface area contributed by atoms with Gasteiger partial charge >= 0.3 is 0 Å². The summed E-state index contributed by atoms with van der Waals surface area (Å²) in [5.74, 6) is 0. The molecular weight excluding hydrogens is 302 g/mol. The Morgan fingerprint density at radius 2 is 1.65 bits per heavy atom. The van der Waals surface area contributed by atoms with Crippen LogP contribution in [0, 0.1) is 5.41 Å². The first-order chi connectivity index (χ1) is 11.1. The van der Waals surface area contributed by atoms with Gasteiger partial charge in [0.25, 0.3) is 0 Å². The molecule has 0 aliphatic carbocycles. The second-order valence-electron chi connectivity index (χ2n) is 6.07. The van der Waals surface area contributed by atoms with Crippen LogP contribution in [0.5, 0.6) is 0 Å². The number of aliphatic hydroxyl groups is 1. The van der Waals surface area contributed by atoms with E-state index in [1.807, 2.05) is 0 Å². The van der Waals surface area contributed by atoms with Crippen molar-refractivity contribution in [2.75, 3.05) is 66.0 Å². The van der Waals surface area contributed by atoms with Gasteiger partial charge in [-0.3, -0.25) is 0 Å². The zero-order chi connectivity index (χ0) is 17.0. The molecule has 0 aromatic carbocycles. The van der Waals surface area contributed by atoms with E-state index in [2.05, 4.69) is 13.8 Å². The summed E-state index contributed by atoms with van der Waals surface area (Å²) < 4.78 is 27.1. The van der Waals surface area contributed by atoms with Crippen LogP contribution in [-0.4, -0.2) is 83.3 Å². The molecule has 1 aliphatic rings. The molecule has 3 atom stereocenters. The number of hydrogen-bond acceptors (Lipinski definition) is 7. The van der Waals surface area contributed by atoms with Crippen LogP contribution < -0.4 is 5.73 Å². The number of nitrogens with two attached hydrogens (primary N) is 1. The van der Waals surface area contributed by atoms with E-state index in [0.29, 0.717) is 46.2 Å². The predicted octanol–water partition coefficient (Wildman–Crippen LogP) is 0.188. The number of rotatable bonds is 15. The molecule has 7 heteroatoms. The Kier molecular flexibility index (Phi) is 11.0. The van der Waals surface area contributed by atoms with E-state index in [-0.39, 0.29) is 24.7 Å². The maximum Gasteiger partial charge on any atom is 0.0895 e. The van der Waals surface area contributed by atoms with Crippen LogP contribution in [0.2, 0.25) is 0 Å². The van der Waals surface area contributed by atoms with Crippen LogP contribution in [0.4, 0.5) is 0 Å². The highest BCUT2D eigenvalue weighted by Gasteiger charge is 2.42. The van der Waals surface area contributed by atoms with Gasteiger partial charge in [0, 0.05) is 12.0 Å². The van der Waals surface area contributed by atoms with Crippen molar-refractivity contribution in [2.24, 2.45) is 11.1 Å². The third kappa shape index (κ3) is 8.39. The predicted molar refractivity (Wildman–Crippen MR) is 86.5 cm³/mol. The zero-order valence-electron chi connectivity index (χ0n) is 14.5. The van der Waals surface area contributed by atoms with Crippen molar-refractivity contribution in [1.29, 1.82) is 0 Å². The van der Waals surface area contributed by atoms with E-state index in [9.17, 15) is 0 Å². The fourth-order valence-electron chi connectivity index (χ4n) is 2.10. The van der Waals surface area contributed by atoms with E-state index in [4.69, 9.17) is 34.5 Å². The molecule has 1 saturated heterocycles. The smallest absolute Gasteiger partial charge is 0.0895 e. The molecule has 138 valence electrons. The van der Waals surface area contributed by atoms with Crippen LogP contribution in [0.1, 0.15) is 20.3 Å². The van der Waals surface area contributed by atoms with Crippen molar-refractivity contribution in [3.8, 4) is 0 Å². The molecule has 0 radical (unpaired) electrons. The first-order valence-corrected chi connectivity index (χ1v) is 8.43. The molecule has 1 rings (SSSR count). The minimum absolute atomic E-state index is 0.210.